The normalized spacial score (nSPS) is 11.3. The maximum absolute atomic E-state index is 10.6. The van der Waals surface area contributed by atoms with Crippen LogP contribution in [-0.2, 0) is 4.79 Å². The summed E-state index contributed by atoms with van der Waals surface area (Å²) in [6, 6.07) is -0.309. The second-order valence-corrected chi connectivity index (χ2v) is 2.02. The van der Waals surface area contributed by atoms with Crippen molar-refractivity contribution in [3.8, 4) is 12.3 Å². The van der Waals surface area contributed by atoms with Crippen LogP contribution in [0.15, 0.2) is 12.7 Å². The van der Waals surface area contributed by atoms with E-state index in [1.807, 2.05) is 5.92 Å². The predicted octanol–water partition coefficient (Wildman–Crippen LogP) is -0.327. The summed E-state index contributed by atoms with van der Waals surface area (Å²) in [5, 5.41) is 11.1. The Bertz CT molecular complexity index is 181. The zero-order chi connectivity index (χ0) is 8.69. The molecule has 0 heterocycles. The minimum absolute atomic E-state index is 0.126. The molecule has 60 valence electrons. The fourth-order valence-electron chi connectivity index (χ4n) is 0.607. The zero-order valence-electron chi connectivity index (χ0n) is 6.21. The van der Waals surface area contributed by atoms with Crippen LogP contribution in [0.2, 0.25) is 0 Å². The molecular weight excluding hydrogens is 142 g/mol. The number of nitrogens with one attached hydrogen (secondary N) is 1. The highest BCUT2D eigenvalue weighted by Gasteiger charge is 2.06. The molecule has 2 N–H and O–H groups in total. The lowest BCUT2D eigenvalue weighted by Gasteiger charge is -2.10. The van der Waals surface area contributed by atoms with Gasteiger partial charge in [0.25, 0.3) is 5.91 Å². The molecule has 11 heavy (non-hydrogen) atoms. The number of terminal acetylenes is 1. The van der Waals surface area contributed by atoms with E-state index in [1.54, 1.807) is 6.08 Å². The Balaban J connectivity index is 3.78. The van der Waals surface area contributed by atoms with Crippen LogP contribution >= 0.6 is 0 Å². The highest BCUT2D eigenvalue weighted by Crippen LogP contribution is 1.90. The van der Waals surface area contributed by atoms with Crippen molar-refractivity contribution in [2.45, 2.75) is 12.5 Å². The van der Waals surface area contributed by atoms with Gasteiger partial charge in [-0.05, 0) is 12.3 Å². The van der Waals surface area contributed by atoms with Gasteiger partial charge in [-0.1, -0.05) is 6.08 Å². The molecule has 0 saturated heterocycles. The SMILES string of the molecule is C#CC(=O)NC(CO)CC=C. The Hall–Kier alpha value is -1.27. The molecule has 0 spiro atoms. The molecule has 0 aromatic rings. The average molecular weight is 153 g/mol. The number of aliphatic hydroxyl groups is 1. The summed E-state index contributed by atoms with van der Waals surface area (Å²) in [5.74, 6) is 1.38. The van der Waals surface area contributed by atoms with E-state index in [4.69, 9.17) is 11.5 Å². The number of carbonyl (C=O) groups excluding carboxylic acids is 1. The first kappa shape index (κ1) is 9.73. The lowest BCUT2D eigenvalue weighted by atomic mass is 10.2. The molecule has 0 aromatic carbocycles. The standard InChI is InChI=1S/C8H11NO2/c1-3-5-7(6-10)9-8(11)4-2/h2-3,7,10H,1,5-6H2,(H,9,11). The molecule has 0 rings (SSSR count). The van der Waals surface area contributed by atoms with Gasteiger partial charge in [0.15, 0.2) is 0 Å². The monoisotopic (exact) mass is 153 g/mol. The third kappa shape index (κ3) is 4.18. The predicted molar refractivity (Wildman–Crippen MR) is 42.7 cm³/mol. The van der Waals surface area contributed by atoms with E-state index in [0.717, 1.165) is 0 Å². The Morgan fingerprint density at radius 1 is 1.91 bits per heavy atom. The van der Waals surface area contributed by atoms with E-state index >= 15 is 0 Å². The number of carbonyl (C=O) groups is 1. The molecule has 0 fully saturated rings. The van der Waals surface area contributed by atoms with Crippen LogP contribution in [0.1, 0.15) is 6.42 Å². The molecular formula is C8H11NO2. The molecule has 1 amide bonds. The van der Waals surface area contributed by atoms with Gasteiger partial charge in [-0.25, -0.2) is 0 Å². The molecule has 0 bridgehead atoms. The number of hydrogen-bond donors (Lipinski definition) is 2. The van der Waals surface area contributed by atoms with Crippen molar-refractivity contribution in [1.29, 1.82) is 0 Å². The smallest absolute Gasteiger partial charge is 0.295 e. The van der Waals surface area contributed by atoms with Crippen molar-refractivity contribution >= 4 is 5.91 Å². The third-order valence-electron chi connectivity index (χ3n) is 1.14. The molecule has 0 aliphatic rings. The highest BCUT2D eigenvalue weighted by atomic mass is 16.3. The van der Waals surface area contributed by atoms with Gasteiger partial charge in [0, 0.05) is 0 Å². The van der Waals surface area contributed by atoms with Crippen molar-refractivity contribution in [2.75, 3.05) is 6.61 Å². The third-order valence-corrected chi connectivity index (χ3v) is 1.14. The Morgan fingerprint density at radius 2 is 2.55 bits per heavy atom. The summed E-state index contributed by atoms with van der Waals surface area (Å²) < 4.78 is 0. The largest absolute Gasteiger partial charge is 0.394 e. The second kappa shape index (κ2) is 5.51. The average Bonchev–Trinajstić information content (AvgIpc) is 2.03. The number of aliphatic hydroxyl groups excluding tert-OH is 1. The van der Waals surface area contributed by atoms with Gasteiger partial charge in [0.05, 0.1) is 12.6 Å². The summed E-state index contributed by atoms with van der Waals surface area (Å²) in [7, 11) is 0. The molecule has 3 heteroatoms. The van der Waals surface area contributed by atoms with Crippen LogP contribution in [0.4, 0.5) is 0 Å². The van der Waals surface area contributed by atoms with Gasteiger partial charge in [-0.3, -0.25) is 4.79 Å². The fraction of sp³-hybridized carbons (Fsp3) is 0.375. The van der Waals surface area contributed by atoms with Crippen molar-refractivity contribution in [3.63, 3.8) is 0 Å². The fourth-order valence-corrected chi connectivity index (χ4v) is 0.607. The van der Waals surface area contributed by atoms with Crippen LogP contribution < -0.4 is 5.32 Å². The van der Waals surface area contributed by atoms with Crippen LogP contribution in [0.5, 0.6) is 0 Å². The topological polar surface area (TPSA) is 49.3 Å². The lowest BCUT2D eigenvalue weighted by Crippen LogP contribution is -2.36. The minimum atomic E-state index is -0.508. The van der Waals surface area contributed by atoms with E-state index < -0.39 is 5.91 Å². The summed E-state index contributed by atoms with van der Waals surface area (Å²) in [4.78, 5) is 10.6. The van der Waals surface area contributed by atoms with Gasteiger partial charge < -0.3 is 10.4 Å². The molecule has 0 aromatic heterocycles. The van der Waals surface area contributed by atoms with Crippen molar-refractivity contribution in [1.82, 2.24) is 5.32 Å². The molecule has 3 nitrogen and oxygen atoms in total. The van der Waals surface area contributed by atoms with Crippen molar-refractivity contribution < 1.29 is 9.90 Å². The van der Waals surface area contributed by atoms with Gasteiger partial charge in [0.2, 0.25) is 0 Å². The van der Waals surface area contributed by atoms with Gasteiger partial charge in [-0.15, -0.1) is 13.0 Å². The lowest BCUT2D eigenvalue weighted by molar-refractivity contribution is -0.116. The summed E-state index contributed by atoms with van der Waals surface area (Å²) >= 11 is 0. The van der Waals surface area contributed by atoms with Crippen LogP contribution in [-0.4, -0.2) is 23.7 Å². The van der Waals surface area contributed by atoms with Crippen LogP contribution in [0.3, 0.4) is 0 Å². The first-order valence-electron chi connectivity index (χ1n) is 3.23. The molecule has 1 atom stereocenters. The first-order valence-corrected chi connectivity index (χ1v) is 3.23. The van der Waals surface area contributed by atoms with E-state index in [2.05, 4.69) is 11.9 Å². The minimum Gasteiger partial charge on any atom is -0.394 e. The summed E-state index contributed by atoms with van der Waals surface area (Å²) in [6.45, 7) is 3.34. The maximum atomic E-state index is 10.6. The van der Waals surface area contributed by atoms with E-state index in [9.17, 15) is 4.79 Å². The molecule has 0 radical (unpaired) electrons. The van der Waals surface area contributed by atoms with E-state index in [-0.39, 0.29) is 12.6 Å². The molecule has 0 aliphatic carbocycles. The summed E-state index contributed by atoms with van der Waals surface area (Å²) in [6.07, 6.45) is 6.93. The zero-order valence-corrected chi connectivity index (χ0v) is 6.21. The molecule has 1 unspecified atom stereocenters. The number of rotatable bonds is 4. The van der Waals surface area contributed by atoms with Crippen molar-refractivity contribution in [2.24, 2.45) is 0 Å². The maximum Gasteiger partial charge on any atom is 0.295 e. The van der Waals surface area contributed by atoms with E-state index in [1.165, 1.54) is 0 Å². The summed E-state index contributed by atoms with van der Waals surface area (Å²) in [5.41, 5.74) is 0. The van der Waals surface area contributed by atoms with E-state index in [0.29, 0.717) is 6.42 Å². The van der Waals surface area contributed by atoms with Crippen LogP contribution in [0, 0.1) is 12.3 Å². The van der Waals surface area contributed by atoms with Crippen LogP contribution in [0.25, 0.3) is 0 Å². The quantitative estimate of drug-likeness (QED) is 0.429. The number of amides is 1. The Kier molecular flexibility index (Phi) is 4.87. The number of hydrogen-bond acceptors (Lipinski definition) is 2. The highest BCUT2D eigenvalue weighted by molar-refractivity contribution is 5.93. The van der Waals surface area contributed by atoms with Gasteiger partial charge >= 0.3 is 0 Å². The first-order chi connectivity index (χ1) is 5.24. The second-order valence-electron chi connectivity index (χ2n) is 2.02. The van der Waals surface area contributed by atoms with Gasteiger partial charge in [0.1, 0.15) is 0 Å². The van der Waals surface area contributed by atoms with Crippen molar-refractivity contribution in [3.05, 3.63) is 12.7 Å². The Morgan fingerprint density at radius 3 is 2.91 bits per heavy atom. The van der Waals surface area contributed by atoms with Gasteiger partial charge in [-0.2, -0.15) is 0 Å². The Labute approximate surface area is 66.1 Å². The molecule has 0 aliphatic heterocycles. The molecule has 0 saturated carbocycles.